The number of ether oxygens (including phenoxy) is 1. The van der Waals surface area contributed by atoms with Crippen molar-refractivity contribution in [1.29, 1.82) is 0 Å². The van der Waals surface area contributed by atoms with E-state index in [1.807, 2.05) is 91.9 Å². The lowest BCUT2D eigenvalue weighted by Crippen LogP contribution is -2.45. The number of hydrogen-bond acceptors (Lipinski definition) is 4. The van der Waals surface area contributed by atoms with Crippen LogP contribution in [0.15, 0.2) is 84.9 Å². The molecule has 0 radical (unpaired) electrons. The van der Waals surface area contributed by atoms with Gasteiger partial charge in [0.05, 0.1) is 29.6 Å². The van der Waals surface area contributed by atoms with Crippen molar-refractivity contribution >= 4 is 48.1 Å². The van der Waals surface area contributed by atoms with E-state index in [4.69, 9.17) is 4.74 Å². The van der Waals surface area contributed by atoms with E-state index in [-0.39, 0.29) is 31.4 Å². The molecule has 0 saturated carbocycles. The average Bonchev–Trinajstić information content (AvgIpc) is 3.52. The summed E-state index contributed by atoms with van der Waals surface area (Å²) in [6.07, 6.45) is -0.254. The molecule has 7 rings (SSSR count). The molecule has 8 heteroatoms. The SMILES string of the molecule is C[C@H]1[C@H]([Si](C)(C)F)[C@@H](CCO)O[C@]12C(=O)N(Cc1cccc(N3C(=O)c4cccc5cccc3c45)c1)c1ccccc12. The normalized spacial score (nSPS) is 24.8. The Bertz CT molecular complexity index is 1750. The van der Waals surface area contributed by atoms with E-state index in [0.717, 1.165) is 39.0 Å². The van der Waals surface area contributed by atoms with Crippen LogP contribution in [-0.2, 0) is 21.7 Å². The number of aliphatic hydroxyl groups is 1. The third kappa shape index (κ3) is 3.75. The van der Waals surface area contributed by atoms with Gasteiger partial charge < -0.3 is 18.9 Å². The fourth-order valence-electron chi connectivity index (χ4n) is 7.70. The Balaban J connectivity index is 1.26. The Labute approximate surface area is 245 Å². The van der Waals surface area contributed by atoms with Gasteiger partial charge in [0, 0.05) is 34.7 Å². The summed E-state index contributed by atoms with van der Waals surface area (Å²) in [4.78, 5) is 31.5. The molecule has 1 saturated heterocycles. The lowest BCUT2D eigenvalue weighted by Gasteiger charge is -2.31. The molecule has 0 aromatic heterocycles. The fraction of sp³-hybridized carbons (Fsp3) is 0.294. The molecule has 1 N–H and O–H groups in total. The highest BCUT2D eigenvalue weighted by atomic mass is 28.4. The highest BCUT2D eigenvalue weighted by Gasteiger charge is 2.66. The summed E-state index contributed by atoms with van der Waals surface area (Å²) in [6.45, 7) is 5.38. The first-order valence-corrected chi connectivity index (χ1v) is 17.5. The predicted molar refractivity (Wildman–Crippen MR) is 164 cm³/mol. The van der Waals surface area contributed by atoms with Gasteiger partial charge in [-0.1, -0.05) is 61.5 Å². The molecule has 42 heavy (non-hydrogen) atoms. The van der Waals surface area contributed by atoms with E-state index in [1.54, 1.807) is 22.9 Å². The first kappa shape index (κ1) is 27.0. The van der Waals surface area contributed by atoms with E-state index in [2.05, 4.69) is 0 Å². The molecule has 0 unspecified atom stereocenters. The molecule has 3 aliphatic rings. The maximum absolute atomic E-state index is 15.7. The number of hydrogen-bond donors (Lipinski definition) is 1. The molecule has 1 fully saturated rings. The second kappa shape index (κ2) is 9.59. The van der Waals surface area contributed by atoms with E-state index >= 15 is 4.11 Å². The maximum Gasteiger partial charge on any atom is 0.264 e. The minimum atomic E-state index is -3.25. The molecule has 2 amide bonds. The van der Waals surface area contributed by atoms with Crippen molar-refractivity contribution in [3.05, 3.63) is 102 Å². The number of benzene rings is 4. The highest BCUT2D eigenvalue weighted by molar-refractivity contribution is 6.72. The van der Waals surface area contributed by atoms with Crippen molar-refractivity contribution < 1.29 is 23.5 Å². The number of fused-ring (bicyclic) bond motifs is 2. The van der Waals surface area contributed by atoms with Crippen molar-refractivity contribution in [3.63, 3.8) is 0 Å². The molecule has 214 valence electrons. The number of para-hydroxylation sites is 1. The molecule has 4 aromatic rings. The number of nitrogens with zero attached hydrogens (tertiary/aromatic N) is 2. The van der Waals surface area contributed by atoms with Gasteiger partial charge in [0.1, 0.15) is 0 Å². The monoisotopic (exact) mass is 580 g/mol. The van der Waals surface area contributed by atoms with Crippen LogP contribution in [0.1, 0.15) is 34.8 Å². The summed E-state index contributed by atoms with van der Waals surface area (Å²) in [5.41, 5.74) is 2.87. The lowest BCUT2D eigenvalue weighted by atomic mass is 9.82. The van der Waals surface area contributed by atoms with Gasteiger partial charge in [0.15, 0.2) is 5.60 Å². The summed E-state index contributed by atoms with van der Waals surface area (Å²) in [7, 11) is -3.25. The van der Waals surface area contributed by atoms with Gasteiger partial charge in [-0.3, -0.25) is 14.5 Å². The third-order valence-corrected chi connectivity index (χ3v) is 11.8. The molecule has 6 nitrogen and oxygen atoms in total. The number of anilines is 3. The largest absolute Gasteiger partial charge is 0.396 e. The van der Waals surface area contributed by atoms with Gasteiger partial charge in [-0.05, 0) is 60.8 Å². The van der Waals surface area contributed by atoms with Crippen molar-refractivity contribution in [3.8, 4) is 0 Å². The first-order chi connectivity index (χ1) is 20.2. The Morgan fingerprint density at radius 3 is 2.43 bits per heavy atom. The van der Waals surface area contributed by atoms with E-state index in [0.29, 0.717) is 5.56 Å². The number of carbonyl (C=O) groups excluding carboxylic acids is 2. The Kier molecular flexibility index (Phi) is 6.17. The molecule has 0 bridgehead atoms. The van der Waals surface area contributed by atoms with Crippen molar-refractivity contribution in [2.75, 3.05) is 16.4 Å². The minimum absolute atomic E-state index is 0.0763. The van der Waals surface area contributed by atoms with Crippen LogP contribution in [0.5, 0.6) is 0 Å². The second-order valence-corrected chi connectivity index (χ2v) is 16.0. The summed E-state index contributed by atoms with van der Waals surface area (Å²) in [5, 5.41) is 11.7. The Hall–Kier alpha value is -3.85. The second-order valence-electron chi connectivity index (χ2n) is 12.2. The first-order valence-electron chi connectivity index (χ1n) is 14.5. The van der Waals surface area contributed by atoms with Gasteiger partial charge in [-0.2, -0.15) is 0 Å². The molecule has 0 aliphatic carbocycles. The van der Waals surface area contributed by atoms with E-state index in [1.165, 1.54) is 0 Å². The average molecular weight is 581 g/mol. The number of amides is 2. The zero-order chi connectivity index (χ0) is 29.4. The van der Waals surface area contributed by atoms with Gasteiger partial charge in [-0.15, -0.1) is 0 Å². The number of aliphatic hydroxyl groups excluding tert-OH is 1. The van der Waals surface area contributed by atoms with Gasteiger partial charge in [-0.25, -0.2) is 0 Å². The van der Waals surface area contributed by atoms with Crippen LogP contribution in [0.25, 0.3) is 10.8 Å². The smallest absolute Gasteiger partial charge is 0.264 e. The van der Waals surface area contributed by atoms with Crippen molar-refractivity contribution in [2.45, 2.75) is 50.2 Å². The summed E-state index contributed by atoms with van der Waals surface area (Å²) in [5.74, 6) is -0.681. The topological polar surface area (TPSA) is 70.1 Å². The molecule has 4 atom stereocenters. The Morgan fingerprint density at radius 2 is 1.67 bits per heavy atom. The van der Waals surface area contributed by atoms with E-state index in [9.17, 15) is 14.7 Å². The number of carbonyl (C=O) groups is 2. The zero-order valence-electron chi connectivity index (χ0n) is 23.9. The minimum Gasteiger partial charge on any atom is -0.396 e. The Morgan fingerprint density at radius 1 is 0.952 bits per heavy atom. The summed E-state index contributed by atoms with van der Waals surface area (Å²) >= 11 is 0. The summed E-state index contributed by atoms with van der Waals surface area (Å²) in [6, 6.07) is 27.0. The number of rotatable bonds is 6. The van der Waals surface area contributed by atoms with Crippen LogP contribution in [0, 0.1) is 5.92 Å². The van der Waals surface area contributed by atoms with Crippen LogP contribution in [0.3, 0.4) is 0 Å². The van der Waals surface area contributed by atoms with Crippen molar-refractivity contribution in [1.82, 2.24) is 0 Å². The van der Waals surface area contributed by atoms with Crippen LogP contribution in [0.2, 0.25) is 18.6 Å². The molecule has 3 aliphatic heterocycles. The molecule has 4 aromatic carbocycles. The fourth-order valence-corrected chi connectivity index (χ4v) is 10.2. The van der Waals surface area contributed by atoms with Crippen LogP contribution in [0.4, 0.5) is 21.2 Å². The van der Waals surface area contributed by atoms with Gasteiger partial charge in [0.2, 0.25) is 8.41 Å². The van der Waals surface area contributed by atoms with Crippen LogP contribution in [-0.4, -0.2) is 38.0 Å². The number of halogens is 1. The van der Waals surface area contributed by atoms with Crippen LogP contribution < -0.4 is 9.80 Å². The zero-order valence-corrected chi connectivity index (χ0v) is 24.9. The highest BCUT2D eigenvalue weighted by Crippen LogP contribution is 2.60. The standard InChI is InChI=1S/C34H33FN2O4Si/c1-21-31(42(2,3)35)29(17-18-38)41-34(21)26-14-4-5-15-27(26)36(33(34)40)20-22-9-6-12-24(19-22)37-28-16-8-11-23-10-7-13-25(30(23)28)32(37)39/h4-16,19,21,29,31,38H,17-18,20H2,1-3H3/t21-,29+,31-,34+/m0/s1. The molecular weight excluding hydrogens is 547 g/mol. The maximum atomic E-state index is 15.7. The quantitative estimate of drug-likeness (QED) is 0.200. The molecule has 1 spiro atoms. The summed E-state index contributed by atoms with van der Waals surface area (Å²) < 4.78 is 22.3. The predicted octanol–water partition coefficient (Wildman–Crippen LogP) is 6.84. The van der Waals surface area contributed by atoms with Gasteiger partial charge >= 0.3 is 0 Å². The van der Waals surface area contributed by atoms with Crippen molar-refractivity contribution in [2.24, 2.45) is 5.92 Å². The molecule has 3 heterocycles. The van der Waals surface area contributed by atoms with Gasteiger partial charge in [0.25, 0.3) is 11.8 Å². The third-order valence-electron chi connectivity index (χ3n) is 9.35. The lowest BCUT2D eigenvalue weighted by molar-refractivity contribution is -0.146. The van der Waals surface area contributed by atoms with Crippen LogP contribution >= 0.6 is 0 Å². The van der Waals surface area contributed by atoms with E-state index < -0.39 is 31.6 Å². The molecular formula is C34H33FN2O4Si.